The molecule has 54 valence electrons. The second-order valence-corrected chi connectivity index (χ2v) is 2.42. The summed E-state index contributed by atoms with van der Waals surface area (Å²) in [5.74, 6) is 0. The monoisotopic (exact) mass is 155 g/mol. The molecule has 0 aliphatic heterocycles. The van der Waals surface area contributed by atoms with Crippen LogP contribution in [0.4, 0.5) is 0 Å². The van der Waals surface area contributed by atoms with Crippen molar-refractivity contribution < 1.29 is 0 Å². The van der Waals surface area contributed by atoms with E-state index < -0.39 is 0 Å². The predicted octanol–water partition coefficient (Wildman–Crippen LogP) is 0.900. The first kappa shape index (κ1) is 7.37. The topological polar surface area (TPSA) is 51.8 Å². The Labute approximate surface area is 63.7 Å². The van der Waals surface area contributed by atoms with Gasteiger partial charge < -0.3 is 5.73 Å². The van der Waals surface area contributed by atoms with E-state index in [0.717, 1.165) is 12.1 Å². The average Bonchev–Trinajstić information content (AvgIpc) is 2.41. The minimum Gasteiger partial charge on any atom is -0.330 e. The average molecular weight is 155 g/mol. The maximum atomic E-state index is 5.28. The molecule has 0 bridgehead atoms. The zero-order valence-electron chi connectivity index (χ0n) is 5.53. The maximum Gasteiger partial charge on any atom is 0.0978 e. The zero-order chi connectivity index (χ0) is 7.23. The van der Waals surface area contributed by atoms with E-state index in [1.54, 1.807) is 0 Å². The van der Waals surface area contributed by atoms with Crippen molar-refractivity contribution in [2.45, 2.75) is 6.42 Å². The largest absolute Gasteiger partial charge is 0.330 e. The molecule has 1 aromatic rings. The summed E-state index contributed by atoms with van der Waals surface area (Å²) in [7, 11) is 0. The lowest BCUT2D eigenvalue weighted by atomic mass is 10.3. The van der Waals surface area contributed by atoms with Crippen molar-refractivity contribution in [2.75, 3.05) is 6.54 Å². The standard InChI is InChI=1S/C6H9N3S/c7-4-2-1-3-6-5-10-9-8-6/h1,3,5H,2,4,7H2/b3-1+. The minimum atomic E-state index is 0.689. The van der Waals surface area contributed by atoms with Crippen molar-refractivity contribution in [2.24, 2.45) is 5.73 Å². The van der Waals surface area contributed by atoms with Gasteiger partial charge in [0.2, 0.25) is 0 Å². The van der Waals surface area contributed by atoms with Gasteiger partial charge >= 0.3 is 0 Å². The summed E-state index contributed by atoms with van der Waals surface area (Å²) >= 11 is 1.35. The lowest BCUT2D eigenvalue weighted by Gasteiger charge is -1.81. The molecule has 0 amide bonds. The van der Waals surface area contributed by atoms with Gasteiger partial charge in [0.1, 0.15) is 0 Å². The third-order valence-electron chi connectivity index (χ3n) is 0.999. The molecule has 0 aliphatic rings. The highest BCUT2D eigenvalue weighted by Gasteiger charge is 1.85. The van der Waals surface area contributed by atoms with Gasteiger partial charge in [0, 0.05) is 5.38 Å². The van der Waals surface area contributed by atoms with E-state index in [9.17, 15) is 0 Å². The van der Waals surface area contributed by atoms with E-state index in [1.165, 1.54) is 11.5 Å². The van der Waals surface area contributed by atoms with Crippen molar-refractivity contribution >= 4 is 17.6 Å². The fourth-order valence-corrected chi connectivity index (χ4v) is 0.967. The van der Waals surface area contributed by atoms with Crippen LogP contribution >= 0.6 is 11.5 Å². The third-order valence-corrected chi connectivity index (χ3v) is 1.52. The van der Waals surface area contributed by atoms with Gasteiger partial charge in [-0.1, -0.05) is 10.6 Å². The molecule has 4 heteroatoms. The fraction of sp³-hybridized carbons (Fsp3) is 0.333. The summed E-state index contributed by atoms with van der Waals surface area (Å²) in [6, 6.07) is 0. The number of nitrogens with two attached hydrogens (primary N) is 1. The van der Waals surface area contributed by atoms with Crippen molar-refractivity contribution in [3.63, 3.8) is 0 Å². The number of nitrogens with zero attached hydrogens (tertiary/aromatic N) is 2. The first-order valence-electron chi connectivity index (χ1n) is 3.07. The summed E-state index contributed by atoms with van der Waals surface area (Å²) < 4.78 is 3.71. The molecule has 1 aromatic heterocycles. The highest BCUT2D eigenvalue weighted by molar-refractivity contribution is 7.03. The van der Waals surface area contributed by atoms with Crippen LogP contribution in [-0.2, 0) is 0 Å². The van der Waals surface area contributed by atoms with Crippen LogP contribution in [-0.4, -0.2) is 16.1 Å². The van der Waals surface area contributed by atoms with Gasteiger partial charge in [-0.25, -0.2) is 0 Å². The Kier molecular flexibility index (Phi) is 3.05. The molecular formula is C6H9N3S. The Morgan fingerprint density at radius 3 is 3.20 bits per heavy atom. The molecule has 0 fully saturated rings. The molecule has 0 aromatic carbocycles. The van der Waals surface area contributed by atoms with Gasteiger partial charge in [-0.3, -0.25) is 0 Å². The molecule has 0 unspecified atom stereocenters. The smallest absolute Gasteiger partial charge is 0.0978 e. The molecule has 0 aliphatic carbocycles. The summed E-state index contributed by atoms with van der Waals surface area (Å²) in [5.41, 5.74) is 6.20. The van der Waals surface area contributed by atoms with Crippen molar-refractivity contribution in [3.8, 4) is 0 Å². The Bertz CT molecular complexity index is 193. The van der Waals surface area contributed by atoms with Gasteiger partial charge in [-0.15, -0.1) is 5.10 Å². The van der Waals surface area contributed by atoms with Gasteiger partial charge in [0.15, 0.2) is 0 Å². The molecule has 0 radical (unpaired) electrons. The Morgan fingerprint density at radius 2 is 2.60 bits per heavy atom. The van der Waals surface area contributed by atoms with Crippen molar-refractivity contribution in [1.82, 2.24) is 9.59 Å². The fourth-order valence-electron chi connectivity index (χ4n) is 0.545. The lowest BCUT2D eigenvalue weighted by Crippen LogP contribution is -1.94. The Morgan fingerprint density at radius 1 is 1.70 bits per heavy atom. The summed E-state index contributed by atoms with van der Waals surface area (Å²) in [4.78, 5) is 0. The number of aromatic nitrogens is 2. The van der Waals surface area contributed by atoms with Crippen LogP contribution in [0, 0.1) is 0 Å². The molecule has 1 rings (SSSR count). The van der Waals surface area contributed by atoms with E-state index in [0.29, 0.717) is 6.54 Å². The molecule has 0 atom stereocenters. The zero-order valence-corrected chi connectivity index (χ0v) is 6.34. The Hall–Kier alpha value is -0.740. The molecular weight excluding hydrogens is 146 g/mol. The van der Waals surface area contributed by atoms with E-state index in [1.807, 2.05) is 17.5 Å². The number of hydrogen-bond donors (Lipinski definition) is 1. The van der Waals surface area contributed by atoms with Crippen molar-refractivity contribution in [1.29, 1.82) is 0 Å². The van der Waals surface area contributed by atoms with Crippen LogP contribution in [0.2, 0.25) is 0 Å². The van der Waals surface area contributed by atoms with Crippen molar-refractivity contribution in [3.05, 3.63) is 17.2 Å². The summed E-state index contributed by atoms with van der Waals surface area (Å²) in [5, 5.41) is 5.72. The number of hydrogen-bond acceptors (Lipinski definition) is 4. The normalized spacial score (nSPS) is 10.9. The maximum absolute atomic E-state index is 5.28. The molecule has 0 saturated carbocycles. The van der Waals surface area contributed by atoms with E-state index in [2.05, 4.69) is 9.59 Å². The first-order chi connectivity index (χ1) is 4.93. The summed E-state index contributed by atoms with van der Waals surface area (Å²) in [6.45, 7) is 0.689. The van der Waals surface area contributed by atoms with E-state index >= 15 is 0 Å². The summed E-state index contributed by atoms with van der Waals surface area (Å²) in [6.07, 6.45) is 4.82. The van der Waals surface area contributed by atoms with E-state index in [-0.39, 0.29) is 0 Å². The van der Waals surface area contributed by atoms with Crippen LogP contribution in [0.5, 0.6) is 0 Å². The van der Waals surface area contributed by atoms with Gasteiger partial charge in [-0.2, -0.15) is 0 Å². The highest BCUT2D eigenvalue weighted by atomic mass is 32.1. The number of rotatable bonds is 3. The lowest BCUT2D eigenvalue weighted by molar-refractivity contribution is 1.01. The molecule has 0 spiro atoms. The van der Waals surface area contributed by atoms with Gasteiger partial charge in [-0.05, 0) is 30.6 Å². The molecule has 2 N–H and O–H groups in total. The van der Waals surface area contributed by atoms with Crippen LogP contribution in [0.1, 0.15) is 12.1 Å². The molecule has 1 heterocycles. The van der Waals surface area contributed by atoms with Gasteiger partial charge in [0.05, 0.1) is 5.69 Å². The Balaban J connectivity index is 2.40. The van der Waals surface area contributed by atoms with Crippen LogP contribution < -0.4 is 5.73 Å². The third kappa shape index (κ3) is 2.24. The SMILES string of the molecule is NCC/C=C/c1csnn1. The van der Waals surface area contributed by atoms with Gasteiger partial charge in [0.25, 0.3) is 0 Å². The molecule has 0 saturated heterocycles. The quantitative estimate of drug-likeness (QED) is 0.705. The minimum absolute atomic E-state index is 0.689. The molecule has 10 heavy (non-hydrogen) atoms. The van der Waals surface area contributed by atoms with Crippen LogP contribution in [0.25, 0.3) is 6.08 Å². The molecule has 3 nitrogen and oxygen atoms in total. The van der Waals surface area contributed by atoms with E-state index in [4.69, 9.17) is 5.73 Å². The second-order valence-electron chi connectivity index (χ2n) is 1.81. The highest BCUT2D eigenvalue weighted by Crippen LogP contribution is 1.99. The predicted molar refractivity (Wildman–Crippen MR) is 42.6 cm³/mol. The van der Waals surface area contributed by atoms with Crippen LogP contribution in [0.15, 0.2) is 11.5 Å². The van der Waals surface area contributed by atoms with Crippen LogP contribution in [0.3, 0.4) is 0 Å². The first-order valence-corrected chi connectivity index (χ1v) is 3.91. The second kappa shape index (κ2) is 4.14.